The Morgan fingerprint density at radius 1 is 0.778 bits per heavy atom. The van der Waals surface area contributed by atoms with Gasteiger partial charge in [0, 0.05) is 0 Å². The average Bonchev–Trinajstić information content (AvgIpc) is 3.38. The van der Waals surface area contributed by atoms with Gasteiger partial charge in [-0.15, -0.1) is 0 Å². The molecule has 0 bridgehead atoms. The van der Waals surface area contributed by atoms with E-state index in [1.807, 2.05) is 3.21 Å². The second-order valence-electron chi connectivity index (χ2n) is 14.1. The van der Waals surface area contributed by atoms with Crippen molar-refractivity contribution in [2.24, 2.45) is 11.8 Å². The van der Waals surface area contributed by atoms with Crippen molar-refractivity contribution in [2.45, 2.75) is 103 Å². The molecule has 2 aromatic carbocycles. The normalized spacial score (nSPS) is 15.5. The molecule has 36 heavy (non-hydrogen) atoms. The summed E-state index contributed by atoms with van der Waals surface area (Å²) in [6.07, 6.45) is 11.0. The van der Waals surface area contributed by atoms with Crippen molar-refractivity contribution in [3.63, 3.8) is 0 Å². The fourth-order valence-electron chi connectivity index (χ4n) is 6.05. The SMILES string of the molecule is CC(C)C[C](CC(C)C)=[Zr]([C]1=CC=CC1)[CH]1c2ccc(C(C)(C)C)cc2-c2cc(C(C)(C)C)ccc21. The molecule has 0 nitrogen and oxygen atoms in total. The Labute approximate surface area is 229 Å². The van der Waals surface area contributed by atoms with Crippen LogP contribution in [0.2, 0.25) is 0 Å². The molecule has 0 atom stereocenters. The Kier molecular flexibility index (Phi) is 8.03. The summed E-state index contributed by atoms with van der Waals surface area (Å²) < 4.78 is 4.34. The van der Waals surface area contributed by atoms with E-state index in [1.54, 1.807) is 14.4 Å². The molecular formula is C35H48Zr. The van der Waals surface area contributed by atoms with Gasteiger partial charge >= 0.3 is 231 Å². The summed E-state index contributed by atoms with van der Waals surface area (Å²) >= 11 is -2.23. The zero-order valence-corrected chi connectivity index (χ0v) is 27.0. The molecule has 0 heterocycles. The summed E-state index contributed by atoms with van der Waals surface area (Å²) in [5.41, 5.74) is 9.50. The number of hydrogen-bond donors (Lipinski definition) is 0. The van der Waals surface area contributed by atoms with E-state index in [-0.39, 0.29) is 10.8 Å². The third kappa shape index (κ3) is 5.72. The van der Waals surface area contributed by atoms with Crippen LogP contribution < -0.4 is 0 Å². The number of hydrogen-bond acceptors (Lipinski definition) is 0. The zero-order valence-electron chi connectivity index (χ0n) is 24.5. The van der Waals surface area contributed by atoms with Gasteiger partial charge in [-0.25, -0.2) is 0 Å². The van der Waals surface area contributed by atoms with Crippen LogP contribution in [-0.4, -0.2) is 3.21 Å². The molecule has 0 radical (unpaired) electrons. The van der Waals surface area contributed by atoms with Crippen molar-refractivity contribution >= 4 is 3.21 Å². The zero-order chi connectivity index (χ0) is 26.4. The first-order valence-corrected chi connectivity index (χ1v) is 18.0. The number of benzene rings is 2. The summed E-state index contributed by atoms with van der Waals surface area (Å²) in [6.45, 7) is 23.8. The maximum atomic E-state index is 2.55. The molecule has 2 aliphatic carbocycles. The molecule has 2 aliphatic rings. The monoisotopic (exact) mass is 558 g/mol. The summed E-state index contributed by atoms with van der Waals surface area (Å²) in [5.74, 6) is 1.44. The second-order valence-corrected chi connectivity index (χ2v) is 20.8. The Morgan fingerprint density at radius 3 is 1.61 bits per heavy atom. The molecule has 0 fully saturated rings. The minimum atomic E-state index is -2.23. The van der Waals surface area contributed by atoms with Gasteiger partial charge in [0.2, 0.25) is 0 Å². The molecule has 0 aromatic heterocycles. The van der Waals surface area contributed by atoms with Crippen molar-refractivity contribution in [3.05, 3.63) is 80.2 Å². The van der Waals surface area contributed by atoms with Crippen LogP contribution >= 0.6 is 0 Å². The van der Waals surface area contributed by atoms with Crippen molar-refractivity contribution in [2.75, 3.05) is 0 Å². The predicted molar refractivity (Wildman–Crippen MR) is 157 cm³/mol. The fraction of sp³-hybridized carbons (Fsp3) is 0.514. The van der Waals surface area contributed by atoms with E-state index < -0.39 is 21.3 Å². The first-order valence-electron chi connectivity index (χ1n) is 14.1. The third-order valence-corrected chi connectivity index (χ3v) is 16.3. The second kappa shape index (κ2) is 10.4. The van der Waals surface area contributed by atoms with E-state index in [9.17, 15) is 0 Å². The molecule has 4 rings (SSSR count). The van der Waals surface area contributed by atoms with Gasteiger partial charge in [0.25, 0.3) is 0 Å². The van der Waals surface area contributed by atoms with Gasteiger partial charge in [0.15, 0.2) is 0 Å². The average molecular weight is 560 g/mol. The standard InChI is InChI=1S/C21H25.C9H18.C5H5.Zr/c1-20(2,3)16-9-7-14-11-15-8-10-17(21(4,5)6)13-19(15)18(14)12-16;1-8(2)6-5-7-9(3)4;1-2-4-5-3-1;/h7-13H,1-6H3;8-9H,6-7H2,1-4H3;1-3H,4H2;. The molecule has 192 valence electrons. The van der Waals surface area contributed by atoms with Crippen LogP contribution in [0.1, 0.15) is 114 Å². The minimum absolute atomic E-state index is 0.154. The third-order valence-electron chi connectivity index (χ3n) is 7.85. The number of allylic oxidation sites excluding steroid dienone is 4. The van der Waals surface area contributed by atoms with Gasteiger partial charge in [-0.2, -0.15) is 0 Å². The summed E-state index contributed by atoms with van der Waals surface area (Å²) in [6, 6.07) is 15.0. The number of fused-ring (bicyclic) bond motifs is 3. The van der Waals surface area contributed by atoms with E-state index >= 15 is 0 Å². The molecule has 0 spiro atoms. The number of rotatable bonds is 6. The quantitative estimate of drug-likeness (QED) is 0.330. The van der Waals surface area contributed by atoms with Crippen molar-refractivity contribution in [3.8, 4) is 11.1 Å². The van der Waals surface area contributed by atoms with Crippen molar-refractivity contribution < 1.29 is 21.3 Å². The van der Waals surface area contributed by atoms with Crippen molar-refractivity contribution in [1.82, 2.24) is 0 Å². The first kappa shape index (κ1) is 27.7. The Balaban J connectivity index is 2.03. The summed E-state index contributed by atoms with van der Waals surface area (Å²) in [7, 11) is 0. The molecule has 0 unspecified atom stereocenters. The molecule has 0 N–H and O–H groups in total. The van der Waals surface area contributed by atoms with Gasteiger partial charge < -0.3 is 0 Å². The molecule has 1 heteroatoms. The molecule has 0 aliphatic heterocycles. The van der Waals surface area contributed by atoms with E-state index in [1.165, 1.54) is 41.5 Å². The van der Waals surface area contributed by atoms with Crippen LogP contribution in [0, 0.1) is 11.8 Å². The predicted octanol–water partition coefficient (Wildman–Crippen LogP) is 10.1. The molecule has 0 saturated carbocycles. The summed E-state index contributed by atoms with van der Waals surface area (Å²) in [4.78, 5) is 0. The van der Waals surface area contributed by atoms with E-state index in [2.05, 4.69) is 124 Å². The first-order chi connectivity index (χ1) is 16.8. The Bertz CT molecular complexity index is 1140. The van der Waals surface area contributed by atoms with Crippen LogP contribution in [0.15, 0.2) is 57.9 Å². The molecule has 0 amide bonds. The fourth-order valence-corrected chi connectivity index (χ4v) is 16.4. The van der Waals surface area contributed by atoms with Crippen LogP contribution in [-0.2, 0) is 32.1 Å². The van der Waals surface area contributed by atoms with Gasteiger partial charge in [-0.1, -0.05) is 0 Å². The van der Waals surface area contributed by atoms with Crippen molar-refractivity contribution in [1.29, 1.82) is 0 Å². The van der Waals surface area contributed by atoms with E-state index in [0.29, 0.717) is 3.63 Å². The molecule has 0 saturated heterocycles. The van der Waals surface area contributed by atoms with E-state index in [0.717, 1.165) is 11.8 Å². The maximum absolute atomic E-state index is 2.55. The van der Waals surface area contributed by atoms with Crippen LogP contribution in [0.3, 0.4) is 0 Å². The molecule has 2 aromatic rings. The van der Waals surface area contributed by atoms with Crippen LogP contribution in [0.5, 0.6) is 0 Å². The van der Waals surface area contributed by atoms with E-state index in [4.69, 9.17) is 0 Å². The molecular weight excluding hydrogens is 512 g/mol. The Hall–Kier alpha value is -1.33. The van der Waals surface area contributed by atoms with Gasteiger partial charge in [-0.3, -0.25) is 0 Å². The topological polar surface area (TPSA) is 0 Å². The summed E-state index contributed by atoms with van der Waals surface area (Å²) in [5, 5.41) is 0. The van der Waals surface area contributed by atoms with Gasteiger partial charge in [0.05, 0.1) is 0 Å². The Morgan fingerprint density at radius 2 is 1.25 bits per heavy atom. The van der Waals surface area contributed by atoms with Gasteiger partial charge in [0.1, 0.15) is 0 Å². The van der Waals surface area contributed by atoms with Crippen LogP contribution in [0.25, 0.3) is 11.1 Å². The van der Waals surface area contributed by atoms with Gasteiger partial charge in [-0.05, 0) is 0 Å². The van der Waals surface area contributed by atoms with Crippen LogP contribution in [0.4, 0.5) is 0 Å².